The summed E-state index contributed by atoms with van der Waals surface area (Å²) in [6, 6.07) is 0.515. The van der Waals surface area contributed by atoms with Gasteiger partial charge in [0.15, 0.2) is 0 Å². The molecule has 1 atom stereocenters. The second-order valence-corrected chi connectivity index (χ2v) is 5.40. The van der Waals surface area contributed by atoms with Crippen LogP contribution in [0.3, 0.4) is 0 Å². The molecule has 0 saturated heterocycles. The van der Waals surface area contributed by atoms with Gasteiger partial charge in [-0.2, -0.15) is 0 Å². The minimum atomic E-state index is 0.515. The minimum absolute atomic E-state index is 0.515. The highest BCUT2D eigenvalue weighted by Gasteiger charge is 2.17. The summed E-state index contributed by atoms with van der Waals surface area (Å²) in [4.78, 5) is 8.78. The Kier molecular flexibility index (Phi) is 4.97. The molecule has 1 unspecified atom stereocenters. The lowest BCUT2D eigenvalue weighted by atomic mass is 10.1. The predicted octanol–water partition coefficient (Wildman–Crippen LogP) is 3.74. The Morgan fingerprint density at radius 2 is 2.11 bits per heavy atom. The topological polar surface area (TPSA) is 37.8 Å². The molecule has 0 aliphatic heterocycles. The number of unbranched alkanes of at least 4 members (excludes halogenated alkanes) is 3. The normalized spacial score (nSPS) is 15.4. The Hall–Kier alpha value is -1.12. The molecule has 3 heteroatoms. The van der Waals surface area contributed by atoms with Crippen LogP contribution in [-0.2, 0) is 12.8 Å². The highest BCUT2D eigenvalue weighted by molar-refractivity contribution is 5.48. The van der Waals surface area contributed by atoms with Crippen molar-refractivity contribution < 1.29 is 0 Å². The van der Waals surface area contributed by atoms with E-state index in [0.717, 1.165) is 18.7 Å². The van der Waals surface area contributed by atoms with Gasteiger partial charge in [0.2, 0.25) is 0 Å². The fourth-order valence-electron chi connectivity index (χ4n) is 2.67. The van der Waals surface area contributed by atoms with Crippen LogP contribution in [-0.4, -0.2) is 16.0 Å². The monoisotopic (exact) mass is 247 g/mol. The van der Waals surface area contributed by atoms with Crippen molar-refractivity contribution in [2.75, 3.05) is 5.32 Å². The van der Waals surface area contributed by atoms with Crippen LogP contribution in [0.1, 0.15) is 63.6 Å². The number of hydrogen-bond donors (Lipinski definition) is 1. The zero-order valence-corrected chi connectivity index (χ0v) is 11.7. The van der Waals surface area contributed by atoms with E-state index >= 15 is 0 Å². The average Bonchev–Trinajstić information content (AvgIpc) is 2.84. The lowest BCUT2D eigenvalue weighted by Gasteiger charge is -2.16. The summed E-state index contributed by atoms with van der Waals surface area (Å²) in [6.07, 6.45) is 11.8. The van der Waals surface area contributed by atoms with Crippen molar-refractivity contribution in [3.63, 3.8) is 0 Å². The molecule has 1 aliphatic carbocycles. The molecule has 1 aliphatic rings. The van der Waals surface area contributed by atoms with E-state index in [-0.39, 0.29) is 0 Å². The van der Waals surface area contributed by atoms with Gasteiger partial charge in [-0.1, -0.05) is 32.6 Å². The van der Waals surface area contributed by atoms with Crippen molar-refractivity contribution in [1.29, 1.82) is 0 Å². The molecule has 0 radical (unpaired) electrons. The Bertz CT molecular complexity index is 376. The van der Waals surface area contributed by atoms with Crippen molar-refractivity contribution in [2.45, 2.75) is 71.3 Å². The molecule has 0 amide bonds. The molecule has 0 bridgehead atoms. The summed E-state index contributed by atoms with van der Waals surface area (Å²) in [6.45, 7) is 4.52. The van der Waals surface area contributed by atoms with Gasteiger partial charge in [0.25, 0.3) is 0 Å². The summed E-state index contributed by atoms with van der Waals surface area (Å²) in [5, 5.41) is 3.57. The van der Waals surface area contributed by atoms with E-state index in [4.69, 9.17) is 0 Å². The van der Waals surface area contributed by atoms with Crippen LogP contribution in [0, 0.1) is 0 Å². The Balaban J connectivity index is 1.84. The van der Waals surface area contributed by atoms with Crippen molar-refractivity contribution in [1.82, 2.24) is 9.97 Å². The third-order valence-corrected chi connectivity index (χ3v) is 3.75. The molecule has 100 valence electrons. The van der Waals surface area contributed by atoms with E-state index < -0.39 is 0 Å². The van der Waals surface area contributed by atoms with Gasteiger partial charge >= 0.3 is 0 Å². The largest absolute Gasteiger partial charge is 0.367 e. The Labute approximate surface area is 110 Å². The molecule has 0 fully saturated rings. The van der Waals surface area contributed by atoms with E-state index in [1.165, 1.54) is 49.8 Å². The van der Waals surface area contributed by atoms with Crippen molar-refractivity contribution in [3.8, 4) is 0 Å². The Morgan fingerprint density at radius 1 is 1.22 bits per heavy atom. The second kappa shape index (κ2) is 6.72. The van der Waals surface area contributed by atoms with Crippen LogP contribution in [0.5, 0.6) is 0 Å². The first-order valence-electron chi connectivity index (χ1n) is 7.40. The van der Waals surface area contributed by atoms with Crippen LogP contribution in [0.4, 0.5) is 5.82 Å². The maximum absolute atomic E-state index is 4.41. The average molecular weight is 247 g/mol. The van der Waals surface area contributed by atoms with Crippen LogP contribution >= 0.6 is 0 Å². The summed E-state index contributed by atoms with van der Waals surface area (Å²) < 4.78 is 0. The lowest BCUT2D eigenvalue weighted by molar-refractivity contribution is 0.592. The lowest BCUT2D eigenvalue weighted by Crippen LogP contribution is -2.17. The third-order valence-electron chi connectivity index (χ3n) is 3.75. The van der Waals surface area contributed by atoms with Crippen molar-refractivity contribution in [3.05, 3.63) is 17.6 Å². The summed E-state index contributed by atoms with van der Waals surface area (Å²) in [5.41, 5.74) is 2.61. The minimum Gasteiger partial charge on any atom is -0.367 e. The molecule has 18 heavy (non-hydrogen) atoms. The van der Waals surface area contributed by atoms with Gasteiger partial charge in [-0.15, -0.1) is 0 Å². The van der Waals surface area contributed by atoms with Gasteiger partial charge in [-0.05, 0) is 32.6 Å². The van der Waals surface area contributed by atoms with Crippen molar-refractivity contribution >= 4 is 5.82 Å². The first-order valence-corrected chi connectivity index (χ1v) is 7.40. The summed E-state index contributed by atoms with van der Waals surface area (Å²) in [5.74, 6) is 1.08. The van der Waals surface area contributed by atoms with Crippen LogP contribution < -0.4 is 5.32 Å². The standard InChI is InChI=1S/C15H25N3/c1-3-4-5-6-8-12(2)18-15-13-9-7-10-14(13)16-11-17-15/h11-12H,3-10H2,1-2H3,(H,16,17,18). The molecule has 1 aromatic rings. The number of fused-ring (bicyclic) bond motifs is 1. The van der Waals surface area contributed by atoms with Gasteiger partial charge in [0, 0.05) is 17.3 Å². The molecule has 0 spiro atoms. The maximum Gasteiger partial charge on any atom is 0.133 e. The molecular formula is C15H25N3. The zero-order chi connectivity index (χ0) is 12.8. The SMILES string of the molecule is CCCCCCC(C)Nc1ncnc2c1CCC2. The predicted molar refractivity (Wildman–Crippen MR) is 75.9 cm³/mol. The second-order valence-electron chi connectivity index (χ2n) is 5.40. The van der Waals surface area contributed by atoms with Crippen molar-refractivity contribution in [2.24, 2.45) is 0 Å². The van der Waals surface area contributed by atoms with E-state index in [9.17, 15) is 0 Å². The van der Waals surface area contributed by atoms with Crippen LogP contribution in [0.25, 0.3) is 0 Å². The van der Waals surface area contributed by atoms with E-state index in [2.05, 4.69) is 29.1 Å². The molecule has 2 rings (SSSR count). The van der Waals surface area contributed by atoms with Crippen LogP contribution in [0.15, 0.2) is 6.33 Å². The first-order chi connectivity index (χ1) is 8.81. The highest BCUT2D eigenvalue weighted by atomic mass is 15.0. The number of aryl methyl sites for hydroxylation is 1. The van der Waals surface area contributed by atoms with Gasteiger partial charge in [-0.25, -0.2) is 9.97 Å². The number of aromatic nitrogens is 2. The van der Waals surface area contributed by atoms with Gasteiger partial charge < -0.3 is 5.32 Å². The smallest absolute Gasteiger partial charge is 0.133 e. The number of nitrogens with zero attached hydrogens (tertiary/aromatic N) is 2. The van der Waals surface area contributed by atoms with Gasteiger partial charge in [0.1, 0.15) is 12.1 Å². The van der Waals surface area contributed by atoms with E-state index in [1.54, 1.807) is 6.33 Å². The van der Waals surface area contributed by atoms with E-state index in [1.807, 2.05) is 0 Å². The maximum atomic E-state index is 4.41. The van der Waals surface area contributed by atoms with Gasteiger partial charge in [-0.3, -0.25) is 0 Å². The molecule has 3 nitrogen and oxygen atoms in total. The fraction of sp³-hybridized carbons (Fsp3) is 0.733. The molecule has 1 N–H and O–H groups in total. The summed E-state index contributed by atoms with van der Waals surface area (Å²) >= 11 is 0. The van der Waals surface area contributed by atoms with E-state index in [0.29, 0.717) is 6.04 Å². The summed E-state index contributed by atoms with van der Waals surface area (Å²) in [7, 11) is 0. The highest BCUT2D eigenvalue weighted by Crippen LogP contribution is 2.25. The molecule has 0 aromatic carbocycles. The third kappa shape index (κ3) is 3.44. The molecule has 0 saturated carbocycles. The molecular weight excluding hydrogens is 222 g/mol. The number of anilines is 1. The Morgan fingerprint density at radius 3 is 2.94 bits per heavy atom. The molecule has 1 aromatic heterocycles. The number of hydrogen-bond acceptors (Lipinski definition) is 3. The number of nitrogens with one attached hydrogen (secondary N) is 1. The van der Waals surface area contributed by atoms with Crippen LogP contribution in [0.2, 0.25) is 0 Å². The first kappa shape index (κ1) is 13.3. The van der Waals surface area contributed by atoms with Gasteiger partial charge in [0.05, 0.1) is 0 Å². The quantitative estimate of drug-likeness (QED) is 0.746. The molecule has 1 heterocycles. The fourth-order valence-corrected chi connectivity index (χ4v) is 2.67. The number of rotatable bonds is 7. The zero-order valence-electron chi connectivity index (χ0n) is 11.7.